The van der Waals surface area contributed by atoms with Crippen LogP contribution in [0.5, 0.6) is 0 Å². The summed E-state index contributed by atoms with van der Waals surface area (Å²) < 4.78 is 25.4. The average Bonchev–Trinajstić information content (AvgIpc) is 2.10. The molecule has 0 saturated heterocycles. The fourth-order valence-corrected chi connectivity index (χ4v) is 2.46. The van der Waals surface area contributed by atoms with E-state index in [1.807, 2.05) is 13.8 Å². The van der Waals surface area contributed by atoms with Crippen molar-refractivity contribution in [3.05, 3.63) is 28.8 Å². The Labute approximate surface area is 95.5 Å². The lowest BCUT2D eigenvalue weighted by atomic mass is 10.2. The molecule has 84 valence electrons. The van der Waals surface area contributed by atoms with Crippen LogP contribution in [0.25, 0.3) is 0 Å². The van der Waals surface area contributed by atoms with Crippen LogP contribution in [0, 0.1) is 6.92 Å². The highest BCUT2D eigenvalue weighted by molar-refractivity contribution is 7.92. The Hall–Kier alpha value is -0.740. The van der Waals surface area contributed by atoms with Gasteiger partial charge in [0.15, 0.2) is 0 Å². The minimum absolute atomic E-state index is 0.124. The summed E-state index contributed by atoms with van der Waals surface area (Å²) in [6.07, 6.45) is 0.592. The SMILES string of the molecule is CCCS(=O)(=O)Nc1ccc(C)c(Cl)c1. The van der Waals surface area contributed by atoms with Crippen molar-refractivity contribution in [2.24, 2.45) is 0 Å². The lowest BCUT2D eigenvalue weighted by Gasteiger charge is -2.07. The molecule has 0 unspecified atom stereocenters. The van der Waals surface area contributed by atoms with Crippen LogP contribution in [-0.4, -0.2) is 14.2 Å². The van der Waals surface area contributed by atoms with Crippen LogP contribution in [0.3, 0.4) is 0 Å². The van der Waals surface area contributed by atoms with E-state index < -0.39 is 10.0 Å². The van der Waals surface area contributed by atoms with E-state index in [1.54, 1.807) is 18.2 Å². The van der Waals surface area contributed by atoms with Crippen LogP contribution in [0.2, 0.25) is 5.02 Å². The summed E-state index contributed by atoms with van der Waals surface area (Å²) in [7, 11) is -3.22. The van der Waals surface area contributed by atoms with Crippen molar-refractivity contribution < 1.29 is 8.42 Å². The van der Waals surface area contributed by atoms with Crippen LogP contribution in [-0.2, 0) is 10.0 Å². The van der Waals surface area contributed by atoms with Crippen LogP contribution in [0.15, 0.2) is 18.2 Å². The summed E-state index contributed by atoms with van der Waals surface area (Å²) >= 11 is 5.88. The van der Waals surface area contributed by atoms with Crippen molar-refractivity contribution in [1.29, 1.82) is 0 Å². The molecule has 0 aliphatic carbocycles. The van der Waals surface area contributed by atoms with Gasteiger partial charge in [-0.2, -0.15) is 0 Å². The molecule has 0 radical (unpaired) electrons. The summed E-state index contributed by atoms with van der Waals surface area (Å²) in [6, 6.07) is 5.10. The van der Waals surface area contributed by atoms with Gasteiger partial charge in [-0.3, -0.25) is 4.72 Å². The maximum Gasteiger partial charge on any atom is 0.232 e. The Kier molecular flexibility index (Phi) is 3.99. The maximum atomic E-state index is 11.4. The lowest BCUT2D eigenvalue weighted by molar-refractivity contribution is 0.600. The van der Waals surface area contributed by atoms with E-state index in [1.165, 1.54) is 0 Å². The lowest BCUT2D eigenvalue weighted by Crippen LogP contribution is -2.16. The quantitative estimate of drug-likeness (QED) is 0.889. The van der Waals surface area contributed by atoms with E-state index in [-0.39, 0.29) is 5.75 Å². The highest BCUT2D eigenvalue weighted by atomic mass is 35.5. The number of sulfonamides is 1. The molecule has 0 saturated carbocycles. The van der Waals surface area contributed by atoms with Gasteiger partial charge in [-0.25, -0.2) is 8.42 Å². The zero-order valence-corrected chi connectivity index (χ0v) is 10.3. The minimum atomic E-state index is -3.22. The van der Waals surface area contributed by atoms with E-state index in [4.69, 9.17) is 11.6 Å². The summed E-state index contributed by atoms with van der Waals surface area (Å²) in [4.78, 5) is 0. The molecular weight excluding hydrogens is 234 g/mol. The van der Waals surface area contributed by atoms with Gasteiger partial charge in [0, 0.05) is 10.7 Å². The second-order valence-electron chi connectivity index (χ2n) is 3.38. The van der Waals surface area contributed by atoms with E-state index in [9.17, 15) is 8.42 Å². The highest BCUT2D eigenvalue weighted by Gasteiger charge is 2.08. The van der Waals surface area contributed by atoms with Crippen molar-refractivity contribution in [3.63, 3.8) is 0 Å². The van der Waals surface area contributed by atoms with Crippen LogP contribution < -0.4 is 4.72 Å². The largest absolute Gasteiger partial charge is 0.284 e. The standard InChI is InChI=1S/C10H14ClNO2S/c1-3-6-15(13,14)12-9-5-4-8(2)10(11)7-9/h4-5,7,12H,3,6H2,1-2H3. The van der Waals surface area contributed by atoms with E-state index in [0.717, 1.165) is 5.56 Å². The molecule has 0 heterocycles. The van der Waals surface area contributed by atoms with Gasteiger partial charge in [0.1, 0.15) is 0 Å². The average molecular weight is 248 g/mol. The molecule has 0 amide bonds. The molecule has 15 heavy (non-hydrogen) atoms. The van der Waals surface area contributed by atoms with Crippen molar-refractivity contribution >= 4 is 27.3 Å². The Bertz CT molecular complexity index is 443. The molecule has 0 bridgehead atoms. The number of aryl methyl sites for hydroxylation is 1. The van der Waals surface area contributed by atoms with Crippen LogP contribution in [0.4, 0.5) is 5.69 Å². The van der Waals surface area contributed by atoms with Gasteiger partial charge in [-0.05, 0) is 31.0 Å². The second-order valence-corrected chi connectivity index (χ2v) is 5.63. The Balaban J connectivity index is 2.86. The third-order valence-corrected chi connectivity index (χ3v) is 3.82. The van der Waals surface area contributed by atoms with Crippen LogP contribution in [0.1, 0.15) is 18.9 Å². The second kappa shape index (κ2) is 4.86. The van der Waals surface area contributed by atoms with Gasteiger partial charge < -0.3 is 0 Å². The van der Waals surface area contributed by atoms with Gasteiger partial charge in [0.05, 0.1) is 5.75 Å². The molecule has 0 aromatic heterocycles. The first-order chi connectivity index (χ1) is 6.94. The van der Waals surface area contributed by atoms with Crippen molar-refractivity contribution in [3.8, 4) is 0 Å². The third-order valence-electron chi connectivity index (χ3n) is 1.92. The molecule has 1 rings (SSSR count). The van der Waals surface area contributed by atoms with Gasteiger partial charge in [-0.15, -0.1) is 0 Å². The normalized spacial score (nSPS) is 11.4. The smallest absolute Gasteiger partial charge is 0.232 e. The highest BCUT2D eigenvalue weighted by Crippen LogP contribution is 2.20. The first-order valence-electron chi connectivity index (χ1n) is 4.71. The zero-order chi connectivity index (χ0) is 11.5. The van der Waals surface area contributed by atoms with E-state index in [2.05, 4.69) is 4.72 Å². The predicted octanol–water partition coefficient (Wildman–Crippen LogP) is 2.80. The molecule has 1 N–H and O–H groups in total. The summed E-state index contributed by atoms with van der Waals surface area (Å²) in [6.45, 7) is 3.69. The first kappa shape index (κ1) is 12.3. The number of benzene rings is 1. The number of hydrogen-bond donors (Lipinski definition) is 1. The summed E-state index contributed by atoms with van der Waals surface area (Å²) in [5.74, 6) is 0.124. The fourth-order valence-electron chi connectivity index (χ4n) is 1.16. The minimum Gasteiger partial charge on any atom is -0.284 e. The zero-order valence-electron chi connectivity index (χ0n) is 8.75. The maximum absolute atomic E-state index is 11.4. The first-order valence-corrected chi connectivity index (χ1v) is 6.74. The van der Waals surface area contributed by atoms with E-state index in [0.29, 0.717) is 17.1 Å². The molecule has 0 aliphatic rings. The molecule has 3 nitrogen and oxygen atoms in total. The Morgan fingerprint density at radius 1 is 1.40 bits per heavy atom. The number of rotatable bonds is 4. The topological polar surface area (TPSA) is 46.2 Å². The van der Waals surface area contributed by atoms with Gasteiger partial charge in [0.2, 0.25) is 10.0 Å². The number of hydrogen-bond acceptors (Lipinski definition) is 2. The third kappa shape index (κ3) is 3.72. The molecule has 1 aromatic rings. The van der Waals surface area contributed by atoms with Crippen molar-refractivity contribution in [1.82, 2.24) is 0 Å². The molecule has 0 spiro atoms. The molecular formula is C10H14ClNO2S. The van der Waals surface area contributed by atoms with Gasteiger partial charge in [-0.1, -0.05) is 24.6 Å². The summed E-state index contributed by atoms with van der Waals surface area (Å²) in [5.41, 5.74) is 1.44. The summed E-state index contributed by atoms with van der Waals surface area (Å²) in [5, 5.41) is 0.562. The van der Waals surface area contributed by atoms with Crippen LogP contribution >= 0.6 is 11.6 Å². The number of anilines is 1. The molecule has 0 atom stereocenters. The number of nitrogens with one attached hydrogen (secondary N) is 1. The Morgan fingerprint density at radius 2 is 2.07 bits per heavy atom. The van der Waals surface area contributed by atoms with E-state index >= 15 is 0 Å². The molecule has 1 aromatic carbocycles. The number of halogens is 1. The molecule has 0 aliphatic heterocycles. The molecule has 0 fully saturated rings. The van der Waals surface area contributed by atoms with Crippen molar-refractivity contribution in [2.75, 3.05) is 10.5 Å². The molecule has 5 heteroatoms. The predicted molar refractivity (Wildman–Crippen MR) is 63.9 cm³/mol. The van der Waals surface area contributed by atoms with Gasteiger partial charge >= 0.3 is 0 Å². The fraction of sp³-hybridized carbons (Fsp3) is 0.400. The Morgan fingerprint density at radius 3 is 2.60 bits per heavy atom. The monoisotopic (exact) mass is 247 g/mol. The van der Waals surface area contributed by atoms with Crippen molar-refractivity contribution in [2.45, 2.75) is 20.3 Å². The van der Waals surface area contributed by atoms with Gasteiger partial charge in [0.25, 0.3) is 0 Å².